The highest BCUT2D eigenvalue weighted by molar-refractivity contribution is 7.98. The average Bonchev–Trinajstić information content (AvgIpc) is 3.21. The average molecular weight is 349 g/mol. The Morgan fingerprint density at radius 3 is 2.71 bits per heavy atom. The molecule has 24 heavy (non-hydrogen) atoms. The van der Waals surface area contributed by atoms with E-state index in [2.05, 4.69) is 0 Å². The van der Waals surface area contributed by atoms with Crippen molar-refractivity contribution < 1.29 is 23.5 Å². The molecule has 0 saturated carbocycles. The zero-order chi connectivity index (χ0) is 17.2. The maximum Gasteiger partial charge on any atom is 0.343 e. The fourth-order valence-corrected chi connectivity index (χ4v) is 3.48. The van der Waals surface area contributed by atoms with E-state index in [0.29, 0.717) is 11.3 Å². The van der Waals surface area contributed by atoms with Gasteiger partial charge in [0.25, 0.3) is 5.91 Å². The van der Waals surface area contributed by atoms with Gasteiger partial charge in [-0.15, -0.1) is 11.8 Å². The number of nitrogens with zero attached hydrogens (tertiary/aromatic N) is 1. The highest BCUT2D eigenvalue weighted by atomic mass is 32.2. The molecular formula is C17H16FNO4S. The van der Waals surface area contributed by atoms with Crippen LogP contribution >= 0.6 is 11.8 Å². The van der Waals surface area contributed by atoms with Gasteiger partial charge in [-0.1, -0.05) is 18.2 Å². The van der Waals surface area contributed by atoms with Crippen molar-refractivity contribution in [2.45, 2.75) is 22.7 Å². The smallest absolute Gasteiger partial charge is 0.343 e. The van der Waals surface area contributed by atoms with Crippen LogP contribution in [0, 0.1) is 0 Å². The third-order valence-corrected chi connectivity index (χ3v) is 5.03. The van der Waals surface area contributed by atoms with E-state index in [1.54, 1.807) is 17.8 Å². The number of carbonyl (C=O) groups excluding carboxylic acids is 1. The monoisotopic (exact) mass is 349 g/mol. The van der Waals surface area contributed by atoms with Gasteiger partial charge in [0.2, 0.25) is 5.67 Å². The van der Waals surface area contributed by atoms with Crippen molar-refractivity contribution in [2.24, 2.45) is 0 Å². The topological polar surface area (TPSA) is 70.8 Å². The van der Waals surface area contributed by atoms with E-state index in [0.717, 1.165) is 4.90 Å². The molecule has 1 aliphatic heterocycles. The number of likely N-dealkylation sites (tertiary alicyclic amines) is 1. The first kappa shape index (κ1) is 16.6. The van der Waals surface area contributed by atoms with Gasteiger partial charge in [-0.3, -0.25) is 4.79 Å². The summed E-state index contributed by atoms with van der Waals surface area (Å²) in [5, 5.41) is 8.93. The number of furan rings is 1. The van der Waals surface area contributed by atoms with Gasteiger partial charge in [-0.05, 0) is 18.2 Å². The molecule has 1 amide bonds. The Hall–Kier alpha value is -2.28. The molecule has 1 saturated heterocycles. The van der Waals surface area contributed by atoms with Crippen molar-refractivity contribution in [1.29, 1.82) is 0 Å². The van der Waals surface area contributed by atoms with Gasteiger partial charge in [0.15, 0.2) is 5.76 Å². The number of amides is 1. The Bertz CT molecular complexity index is 748. The van der Waals surface area contributed by atoms with Crippen molar-refractivity contribution >= 4 is 23.6 Å². The number of thioether (sulfide) groups is 1. The summed E-state index contributed by atoms with van der Waals surface area (Å²) in [4.78, 5) is 25.7. The number of halogens is 1. The molecule has 1 fully saturated rings. The molecule has 2 heterocycles. The molecule has 1 aromatic heterocycles. The summed E-state index contributed by atoms with van der Waals surface area (Å²) in [7, 11) is 0. The third-order valence-electron chi connectivity index (χ3n) is 3.97. The van der Waals surface area contributed by atoms with Crippen LogP contribution < -0.4 is 0 Å². The first-order valence-corrected chi connectivity index (χ1v) is 8.44. The zero-order valence-corrected chi connectivity index (χ0v) is 13.6. The molecule has 3 rings (SSSR count). The molecule has 1 aliphatic rings. The maximum absolute atomic E-state index is 14.1. The van der Waals surface area contributed by atoms with E-state index >= 15 is 0 Å². The minimum Gasteiger partial charge on any atom is -0.479 e. The van der Waals surface area contributed by atoms with Crippen LogP contribution in [0.15, 0.2) is 52.0 Å². The summed E-state index contributed by atoms with van der Waals surface area (Å²) in [5.41, 5.74) is -1.66. The van der Waals surface area contributed by atoms with Crippen LogP contribution in [0.2, 0.25) is 0 Å². The number of hydrogen-bond donors (Lipinski definition) is 1. The van der Waals surface area contributed by atoms with Gasteiger partial charge >= 0.3 is 5.97 Å². The van der Waals surface area contributed by atoms with Gasteiger partial charge in [-0.25, -0.2) is 9.18 Å². The summed E-state index contributed by atoms with van der Waals surface area (Å²) >= 11 is 1.56. The van der Waals surface area contributed by atoms with E-state index in [1.165, 1.54) is 11.2 Å². The Labute approximate surface area is 142 Å². The minimum absolute atomic E-state index is 0.0631. The van der Waals surface area contributed by atoms with Gasteiger partial charge < -0.3 is 14.4 Å². The lowest BCUT2D eigenvalue weighted by atomic mass is 10.1. The fourth-order valence-electron chi connectivity index (χ4n) is 2.58. The first-order chi connectivity index (χ1) is 11.5. The minimum atomic E-state index is -2.37. The molecule has 1 unspecified atom stereocenters. The molecule has 1 N–H and O–H groups in total. The van der Waals surface area contributed by atoms with E-state index in [4.69, 9.17) is 9.52 Å². The number of aliphatic carboxylic acids is 1. The van der Waals surface area contributed by atoms with E-state index < -0.39 is 24.1 Å². The predicted octanol–water partition coefficient (Wildman–Crippen LogP) is 3.21. The van der Waals surface area contributed by atoms with Crippen molar-refractivity contribution in [3.05, 3.63) is 54.0 Å². The lowest BCUT2D eigenvalue weighted by Gasteiger charge is -2.17. The third kappa shape index (κ3) is 3.31. The molecular weight excluding hydrogens is 333 g/mol. The van der Waals surface area contributed by atoms with Crippen LogP contribution in [0.3, 0.4) is 0 Å². The second-order valence-corrected chi connectivity index (χ2v) is 6.67. The summed E-state index contributed by atoms with van der Waals surface area (Å²) in [6, 6.07) is 11.4. The van der Waals surface area contributed by atoms with E-state index in [-0.39, 0.29) is 18.7 Å². The van der Waals surface area contributed by atoms with Crippen LogP contribution in [0.4, 0.5) is 4.39 Å². The summed E-state index contributed by atoms with van der Waals surface area (Å²) in [6.45, 7) is -0.388. The molecule has 0 bridgehead atoms. The van der Waals surface area contributed by atoms with Crippen LogP contribution in [0.5, 0.6) is 0 Å². The van der Waals surface area contributed by atoms with E-state index in [1.807, 2.05) is 30.3 Å². The van der Waals surface area contributed by atoms with Gasteiger partial charge in [0, 0.05) is 29.2 Å². The van der Waals surface area contributed by atoms with Crippen molar-refractivity contribution in [3.63, 3.8) is 0 Å². The first-order valence-electron chi connectivity index (χ1n) is 7.45. The molecule has 0 spiro atoms. The van der Waals surface area contributed by atoms with Crippen LogP contribution in [0.25, 0.3) is 0 Å². The van der Waals surface area contributed by atoms with Crippen molar-refractivity contribution in [3.8, 4) is 0 Å². The second-order valence-electron chi connectivity index (χ2n) is 5.62. The normalized spacial score (nSPS) is 20.3. The summed E-state index contributed by atoms with van der Waals surface area (Å²) in [5.74, 6) is -1.32. The molecule has 1 aromatic carbocycles. The highest BCUT2D eigenvalue weighted by Gasteiger charge is 2.47. The second kappa shape index (κ2) is 6.68. The zero-order valence-electron chi connectivity index (χ0n) is 12.8. The van der Waals surface area contributed by atoms with Gasteiger partial charge in [-0.2, -0.15) is 0 Å². The van der Waals surface area contributed by atoms with E-state index in [9.17, 15) is 14.0 Å². The largest absolute Gasteiger partial charge is 0.479 e. The summed E-state index contributed by atoms with van der Waals surface area (Å²) < 4.78 is 19.4. The van der Waals surface area contributed by atoms with Crippen LogP contribution in [-0.4, -0.2) is 40.6 Å². The van der Waals surface area contributed by atoms with Crippen LogP contribution in [0.1, 0.15) is 22.5 Å². The molecule has 126 valence electrons. The summed E-state index contributed by atoms with van der Waals surface area (Å²) in [6.07, 6.45) is 1.22. The van der Waals surface area contributed by atoms with Gasteiger partial charge in [0.1, 0.15) is 0 Å². The van der Waals surface area contributed by atoms with Crippen molar-refractivity contribution in [2.75, 3.05) is 13.1 Å². The number of carboxylic acid groups (broad SMARTS) is 1. The lowest BCUT2D eigenvalue weighted by molar-refractivity contribution is -0.149. The maximum atomic E-state index is 14.1. The standard InChI is InChI=1S/C17H16FNO4S/c18-17(16(21)22)7-8-19(11-17)15(20)14-12(6-9-23-14)10-24-13-4-2-1-3-5-13/h1-6,9H,7-8,10-11H2,(H,21,22). The molecule has 1 atom stereocenters. The predicted molar refractivity (Wildman–Crippen MR) is 86.7 cm³/mol. The Morgan fingerprint density at radius 2 is 2.04 bits per heavy atom. The fraction of sp³-hybridized carbons (Fsp3) is 0.294. The van der Waals surface area contributed by atoms with Gasteiger partial charge in [0.05, 0.1) is 12.8 Å². The molecule has 0 radical (unpaired) electrons. The number of carboxylic acids is 1. The molecule has 0 aliphatic carbocycles. The van der Waals surface area contributed by atoms with Crippen molar-refractivity contribution in [1.82, 2.24) is 4.90 Å². The SMILES string of the molecule is O=C(c1occc1CSc1ccccc1)N1CCC(F)(C(=O)O)C1. The van der Waals surface area contributed by atoms with Crippen LogP contribution in [-0.2, 0) is 10.5 Å². The number of benzene rings is 1. The molecule has 5 nitrogen and oxygen atoms in total. The number of hydrogen-bond acceptors (Lipinski definition) is 4. The Morgan fingerprint density at radius 1 is 1.29 bits per heavy atom. The Balaban J connectivity index is 1.69. The lowest BCUT2D eigenvalue weighted by Crippen LogP contribution is -2.39. The number of rotatable bonds is 5. The Kier molecular flexibility index (Phi) is 4.62. The highest BCUT2D eigenvalue weighted by Crippen LogP contribution is 2.30. The molecule has 2 aromatic rings. The number of alkyl halides is 1. The molecule has 7 heteroatoms. The quantitative estimate of drug-likeness (QED) is 0.840. The number of carbonyl (C=O) groups is 2.